The van der Waals surface area contributed by atoms with Gasteiger partial charge in [-0.1, -0.05) is 12.1 Å². The molecule has 4 nitrogen and oxygen atoms in total. The van der Waals surface area contributed by atoms with E-state index in [1.165, 1.54) is 0 Å². The molecule has 0 atom stereocenters. The SMILES string of the molecule is CC(=Nc1ccccc1O[Si](C)C)c1cnc[nH]1. The number of benzene rings is 1. The van der Waals surface area contributed by atoms with Crippen molar-refractivity contribution >= 4 is 20.4 Å². The molecule has 1 aromatic heterocycles. The number of nitrogens with zero attached hydrogens (tertiary/aromatic N) is 2. The molecule has 2 aromatic rings. The Balaban J connectivity index is 2.31. The number of H-pyrrole nitrogens is 1. The second-order valence-corrected chi connectivity index (χ2v) is 6.16. The van der Waals surface area contributed by atoms with Crippen LogP contribution in [0, 0.1) is 0 Å². The van der Waals surface area contributed by atoms with Crippen LogP contribution in [0.3, 0.4) is 0 Å². The van der Waals surface area contributed by atoms with Gasteiger partial charge in [-0.15, -0.1) is 0 Å². The van der Waals surface area contributed by atoms with Gasteiger partial charge in [0.1, 0.15) is 11.4 Å². The smallest absolute Gasteiger partial charge is 0.274 e. The van der Waals surface area contributed by atoms with Crippen molar-refractivity contribution in [3.63, 3.8) is 0 Å². The van der Waals surface area contributed by atoms with Crippen LogP contribution >= 0.6 is 0 Å². The molecule has 0 spiro atoms. The predicted molar refractivity (Wildman–Crippen MR) is 75.0 cm³/mol. The van der Waals surface area contributed by atoms with Gasteiger partial charge in [0.05, 0.1) is 23.9 Å². The molecule has 93 valence electrons. The lowest BCUT2D eigenvalue weighted by atomic mass is 10.2. The molecule has 0 aliphatic heterocycles. The van der Waals surface area contributed by atoms with Crippen molar-refractivity contribution in [3.8, 4) is 5.75 Å². The summed E-state index contributed by atoms with van der Waals surface area (Å²) in [6.45, 7) is 6.16. The zero-order valence-electron chi connectivity index (χ0n) is 10.8. The third-order valence-electron chi connectivity index (χ3n) is 2.36. The molecule has 1 heterocycles. The van der Waals surface area contributed by atoms with Crippen LogP contribution in [0.25, 0.3) is 0 Å². The molecule has 0 unspecified atom stereocenters. The van der Waals surface area contributed by atoms with Gasteiger partial charge in [0.25, 0.3) is 9.04 Å². The normalized spacial score (nSPS) is 11.9. The first-order chi connectivity index (χ1) is 8.66. The van der Waals surface area contributed by atoms with Gasteiger partial charge in [0, 0.05) is 0 Å². The molecule has 0 saturated heterocycles. The first-order valence-electron chi connectivity index (χ1n) is 5.78. The highest BCUT2D eigenvalue weighted by Gasteiger charge is 2.06. The quantitative estimate of drug-likeness (QED) is 0.676. The summed E-state index contributed by atoms with van der Waals surface area (Å²) in [5.74, 6) is 0.843. The number of aliphatic imine (C=N–C) groups is 1. The van der Waals surface area contributed by atoms with Gasteiger partial charge in [0.15, 0.2) is 0 Å². The molecule has 1 N–H and O–H groups in total. The summed E-state index contributed by atoms with van der Waals surface area (Å²) in [6, 6.07) is 7.84. The lowest BCUT2D eigenvalue weighted by Crippen LogP contribution is -2.11. The highest BCUT2D eigenvalue weighted by atomic mass is 28.3. The van der Waals surface area contributed by atoms with E-state index in [1.807, 2.05) is 31.2 Å². The Hall–Kier alpha value is -1.88. The van der Waals surface area contributed by atoms with Gasteiger partial charge < -0.3 is 9.41 Å². The van der Waals surface area contributed by atoms with Gasteiger partial charge >= 0.3 is 0 Å². The maximum atomic E-state index is 5.83. The summed E-state index contributed by atoms with van der Waals surface area (Å²) < 4.78 is 5.83. The third-order valence-corrected chi connectivity index (χ3v) is 2.98. The van der Waals surface area contributed by atoms with Crippen LogP contribution in [0.1, 0.15) is 12.6 Å². The van der Waals surface area contributed by atoms with Crippen molar-refractivity contribution in [1.29, 1.82) is 0 Å². The van der Waals surface area contributed by atoms with E-state index < -0.39 is 9.04 Å². The predicted octanol–water partition coefficient (Wildman–Crippen LogP) is 3.18. The van der Waals surface area contributed by atoms with E-state index in [4.69, 9.17) is 4.43 Å². The highest BCUT2D eigenvalue weighted by molar-refractivity contribution is 6.49. The number of rotatable bonds is 4. The Morgan fingerprint density at radius 1 is 1.33 bits per heavy atom. The van der Waals surface area contributed by atoms with Crippen molar-refractivity contribution in [1.82, 2.24) is 9.97 Å². The Bertz CT molecular complexity index is 535. The van der Waals surface area contributed by atoms with E-state index in [-0.39, 0.29) is 0 Å². The molecule has 0 aliphatic rings. The molecule has 2 rings (SSSR count). The molecule has 18 heavy (non-hydrogen) atoms. The second kappa shape index (κ2) is 5.64. The van der Waals surface area contributed by atoms with Gasteiger partial charge in [-0.05, 0) is 32.2 Å². The number of hydrogen-bond acceptors (Lipinski definition) is 3. The minimum absolute atomic E-state index is 0.787. The van der Waals surface area contributed by atoms with E-state index in [0.29, 0.717) is 0 Å². The number of hydrogen-bond donors (Lipinski definition) is 1. The van der Waals surface area contributed by atoms with Crippen LogP contribution in [0.2, 0.25) is 13.1 Å². The summed E-state index contributed by atoms with van der Waals surface area (Å²) in [5, 5.41) is 0. The second-order valence-electron chi connectivity index (χ2n) is 4.14. The average Bonchev–Trinajstić information content (AvgIpc) is 2.84. The van der Waals surface area contributed by atoms with E-state index in [0.717, 1.165) is 22.8 Å². The molecule has 0 bridgehead atoms. The third kappa shape index (κ3) is 3.07. The molecule has 0 saturated carbocycles. The van der Waals surface area contributed by atoms with Crippen molar-refractivity contribution in [2.45, 2.75) is 20.0 Å². The largest absolute Gasteiger partial charge is 0.541 e. The van der Waals surface area contributed by atoms with Gasteiger partial charge in [-0.2, -0.15) is 0 Å². The summed E-state index contributed by atoms with van der Waals surface area (Å²) in [6.07, 6.45) is 3.41. The average molecular weight is 258 g/mol. The van der Waals surface area contributed by atoms with Crippen LogP contribution in [-0.4, -0.2) is 24.7 Å². The number of nitrogens with one attached hydrogen (secondary N) is 1. The lowest BCUT2D eigenvalue weighted by molar-refractivity contribution is 0.582. The maximum absolute atomic E-state index is 5.83. The molecule has 1 radical (unpaired) electrons. The van der Waals surface area contributed by atoms with Crippen LogP contribution in [0.5, 0.6) is 5.75 Å². The van der Waals surface area contributed by atoms with Crippen LogP contribution < -0.4 is 4.43 Å². The zero-order chi connectivity index (χ0) is 13.0. The lowest BCUT2D eigenvalue weighted by Gasteiger charge is -2.11. The molecular formula is C13H16N3OSi. The Kier molecular flexibility index (Phi) is 3.94. The molecular weight excluding hydrogens is 242 g/mol. The van der Waals surface area contributed by atoms with Gasteiger partial charge in [-0.25, -0.2) is 9.98 Å². The first kappa shape index (κ1) is 12.6. The fourth-order valence-electron chi connectivity index (χ4n) is 1.55. The maximum Gasteiger partial charge on any atom is 0.274 e. The number of aromatic nitrogens is 2. The summed E-state index contributed by atoms with van der Waals surface area (Å²) in [5.41, 5.74) is 2.67. The van der Waals surface area contributed by atoms with Gasteiger partial charge in [0.2, 0.25) is 0 Å². The van der Waals surface area contributed by atoms with E-state index >= 15 is 0 Å². The topological polar surface area (TPSA) is 50.3 Å². The minimum atomic E-state index is -0.787. The number of aromatic amines is 1. The first-order valence-corrected chi connectivity index (χ1v) is 8.18. The fraction of sp³-hybridized carbons (Fsp3) is 0.231. The van der Waals surface area contributed by atoms with Crippen molar-refractivity contribution in [3.05, 3.63) is 42.5 Å². The number of imidazole rings is 1. The Morgan fingerprint density at radius 3 is 2.78 bits per heavy atom. The zero-order valence-corrected chi connectivity index (χ0v) is 11.8. The Morgan fingerprint density at radius 2 is 2.11 bits per heavy atom. The summed E-state index contributed by atoms with van der Waals surface area (Å²) >= 11 is 0. The van der Waals surface area contributed by atoms with Crippen LogP contribution in [0.15, 0.2) is 41.8 Å². The summed E-state index contributed by atoms with van der Waals surface area (Å²) in [7, 11) is -0.787. The molecule has 5 heteroatoms. The van der Waals surface area contributed by atoms with Crippen molar-refractivity contribution < 1.29 is 4.43 Å². The summed E-state index contributed by atoms with van der Waals surface area (Å²) in [4.78, 5) is 11.6. The highest BCUT2D eigenvalue weighted by Crippen LogP contribution is 2.28. The standard InChI is InChI=1S/C13H16N3OSi/c1-10(12-8-14-9-15-12)16-11-6-4-5-7-13(11)17-18(2)3/h4-9H,1-3H3,(H,14,15). The fourth-order valence-corrected chi connectivity index (χ4v) is 2.16. The van der Waals surface area contributed by atoms with E-state index in [1.54, 1.807) is 12.5 Å². The van der Waals surface area contributed by atoms with Crippen LogP contribution in [0.4, 0.5) is 5.69 Å². The molecule has 0 fully saturated rings. The van der Waals surface area contributed by atoms with E-state index in [2.05, 4.69) is 28.1 Å². The molecule has 1 aromatic carbocycles. The minimum Gasteiger partial charge on any atom is -0.541 e. The van der Waals surface area contributed by atoms with Gasteiger partial charge in [-0.3, -0.25) is 0 Å². The van der Waals surface area contributed by atoms with Crippen molar-refractivity contribution in [2.24, 2.45) is 4.99 Å². The number of para-hydroxylation sites is 2. The van der Waals surface area contributed by atoms with Crippen molar-refractivity contribution in [2.75, 3.05) is 0 Å². The van der Waals surface area contributed by atoms with E-state index in [9.17, 15) is 0 Å². The monoisotopic (exact) mass is 258 g/mol. The molecule has 0 aliphatic carbocycles. The van der Waals surface area contributed by atoms with Crippen LogP contribution in [-0.2, 0) is 0 Å². The Labute approximate surface area is 108 Å². The molecule has 0 amide bonds.